The van der Waals surface area contributed by atoms with Crippen LogP contribution in [0.4, 0.5) is 0 Å². The highest BCUT2D eigenvalue weighted by Gasteiger charge is 2.38. The number of carbonyl (C=O) groups is 1. The van der Waals surface area contributed by atoms with Crippen LogP contribution in [-0.4, -0.2) is 12.5 Å². The second-order valence-electron chi connectivity index (χ2n) is 6.84. The SMILES string of the molecule is O=C(NCCC12CCCC(CCC1)C2)c1ccccc1Cl.[CH2]. The van der Waals surface area contributed by atoms with Crippen LogP contribution in [0.15, 0.2) is 24.3 Å². The molecule has 22 heavy (non-hydrogen) atoms. The highest BCUT2D eigenvalue weighted by Crippen LogP contribution is 2.50. The maximum atomic E-state index is 12.2. The number of carbonyl (C=O) groups excluding carboxylic acids is 1. The first-order valence-electron chi connectivity index (χ1n) is 8.21. The topological polar surface area (TPSA) is 29.1 Å². The number of halogens is 1. The maximum absolute atomic E-state index is 12.2. The molecular formula is C19H26ClNO. The summed E-state index contributed by atoms with van der Waals surface area (Å²) in [5.41, 5.74) is 1.09. The van der Waals surface area contributed by atoms with Crippen molar-refractivity contribution in [2.75, 3.05) is 6.54 Å². The van der Waals surface area contributed by atoms with Gasteiger partial charge < -0.3 is 5.32 Å². The summed E-state index contributed by atoms with van der Waals surface area (Å²) in [6.45, 7) is 0.775. The zero-order valence-corrected chi connectivity index (χ0v) is 14.0. The van der Waals surface area contributed by atoms with E-state index in [0.29, 0.717) is 16.0 Å². The van der Waals surface area contributed by atoms with Crippen molar-refractivity contribution >= 4 is 17.5 Å². The standard InChI is InChI=1S/C18H24ClNO.CH2/c19-16-8-2-1-7-15(16)17(21)20-12-11-18-9-3-5-14(13-18)6-4-10-18;/h1-2,7-8,14H,3-6,9-13H2,(H,20,21);1H2. The quantitative estimate of drug-likeness (QED) is 0.817. The molecule has 2 nitrogen and oxygen atoms in total. The second kappa shape index (κ2) is 7.50. The number of amides is 1. The first kappa shape index (κ1) is 17.3. The number of benzene rings is 1. The fraction of sp³-hybridized carbons (Fsp3) is 0.579. The van der Waals surface area contributed by atoms with Crippen molar-refractivity contribution in [2.24, 2.45) is 11.3 Å². The summed E-state index contributed by atoms with van der Waals surface area (Å²) in [4.78, 5) is 12.2. The lowest BCUT2D eigenvalue weighted by atomic mass is 9.61. The lowest BCUT2D eigenvalue weighted by molar-refractivity contribution is 0.0667. The molecule has 120 valence electrons. The normalized spacial score (nSPS) is 26.9. The van der Waals surface area contributed by atoms with Crippen molar-refractivity contribution in [2.45, 2.75) is 51.4 Å². The predicted molar refractivity (Wildman–Crippen MR) is 92.0 cm³/mol. The molecule has 2 aliphatic carbocycles. The van der Waals surface area contributed by atoms with Crippen LogP contribution < -0.4 is 5.32 Å². The Balaban J connectivity index is 0.00000176. The molecule has 2 fully saturated rings. The molecule has 0 heterocycles. The van der Waals surface area contributed by atoms with Crippen molar-refractivity contribution < 1.29 is 4.79 Å². The van der Waals surface area contributed by atoms with Gasteiger partial charge >= 0.3 is 0 Å². The van der Waals surface area contributed by atoms with Gasteiger partial charge in [-0.05, 0) is 49.1 Å². The smallest absolute Gasteiger partial charge is 0.252 e. The van der Waals surface area contributed by atoms with Gasteiger partial charge in [0.2, 0.25) is 0 Å². The molecule has 0 unspecified atom stereocenters. The van der Waals surface area contributed by atoms with Crippen molar-refractivity contribution in [1.29, 1.82) is 0 Å². The Morgan fingerprint density at radius 1 is 1.23 bits per heavy atom. The van der Waals surface area contributed by atoms with Crippen LogP contribution in [0.3, 0.4) is 0 Å². The lowest BCUT2D eigenvalue weighted by Crippen LogP contribution is -2.36. The van der Waals surface area contributed by atoms with E-state index in [4.69, 9.17) is 11.6 Å². The number of rotatable bonds is 4. The van der Waals surface area contributed by atoms with Crippen LogP contribution in [0.5, 0.6) is 0 Å². The third-order valence-corrected chi connectivity index (χ3v) is 5.75. The van der Waals surface area contributed by atoms with Gasteiger partial charge in [0.25, 0.3) is 5.91 Å². The largest absolute Gasteiger partial charge is 0.352 e. The van der Waals surface area contributed by atoms with Crippen molar-refractivity contribution in [3.05, 3.63) is 42.3 Å². The molecule has 1 aromatic rings. The van der Waals surface area contributed by atoms with Crippen LogP contribution >= 0.6 is 11.6 Å². The Hall–Kier alpha value is -1.02. The summed E-state index contributed by atoms with van der Waals surface area (Å²) in [6, 6.07) is 7.25. The Labute approximate surface area is 139 Å². The summed E-state index contributed by atoms with van der Waals surface area (Å²) < 4.78 is 0. The van der Waals surface area contributed by atoms with Crippen LogP contribution in [0.1, 0.15) is 61.7 Å². The minimum absolute atomic E-state index is 0. The van der Waals surface area contributed by atoms with Crippen LogP contribution in [-0.2, 0) is 0 Å². The fourth-order valence-electron chi connectivity index (χ4n) is 4.36. The number of hydrogen-bond donors (Lipinski definition) is 1. The Morgan fingerprint density at radius 2 is 1.91 bits per heavy atom. The van der Waals surface area contributed by atoms with E-state index < -0.39 is 0 Å². The van der Waals surface area contributed by atoms with Crippen molar-refractivity contribution in [1.82, 2.24) is 5.32 Å². The molecule has 0 aromatic heterocycles. The minimum atomic E-state index is -0.0415. The molecule has 0 atom stereocenters. The highest BCUT2D eigenvalue weighted by molar-refractivity contribution is 6.33. The Kier molecular flexibility index (Phi) is 5.91. The monoisotopic (exact) mass is 319 g/mol. The highest BCUT2D eigenvalue weighted by atomic mass is 35.5. The van der Waals surface area contributed by atoms with Gasteiger partial charge in [0.1, 0.15) is 0 Å². The molecule has 2 aliphatic rings. The third kappa shape index (κ3) is 3.84. The molecule has 1 N–H and O–H groups in total. The van der Waals surface area contributed by atoms with E-state index in [1.165, 1.54) is 44.9 Å². The van der Waals surface area contributed by atoms with E-state index in [9.17, 15) is 4.79 Å². The van der Waals surface area contributed by atoms with Crippen LogP contribution in [0, 0.1) is 18.8 Å². The van der Waals surface area contributed by atoms with Crippen molar-refractivity contribution in [3.8, 4) is 0 Å². The molecule has 0 aliphatic heterocycles. The predicted octanol–water partition coefficient (Wildman–Crippen LogP) is 5.15. The minimum Gasteiger partial charge on any atom is -0.352 e. The van der Waals surface area contributed by atoms with Gasteiger partial charge in [-0.2, -0.15) is 0 Å². The number of hydrogen-bond acceptors (Lipinski definition) is 1. The molecule has 1 aromatic carbocycles. The van der Waals surface area contributed by atoms with Gasteiger partial charge in [0, 0.05) is 6.54 Å². The van der Waals surface area contributed by atoms with E-state index in [1.54, 1.807) is 12.1 Å². The molecule has 3 heteroatoms. The van der Waals surface area contributed by atoms with Gasteiger partial charge in [0.05, 0.1) is 10.6 Å². The van der Waals surface area contributed by atoms with Crippen LogP contribution in [0.25, 0.3) is 0 Å². The van der Waals surface area contributed by atoms with E-state index in [0.717, 1.165) is 18.9 Å². The summed E-state index contributed by atoms with van der Waals surface area (Å²) in [7, 11) is 0. The molecule has 3 rings (SSSR count). The van der Waals surface area contributed by atoms with Crippen molar-refractivity contribution in [3.63, 3.8) is 0 Å². The average Bonchev–Trinajstić information content (AvgIpc) is 2.47. The van der Waals surface area contributed by atoms with E-state index in [1.807, 2.05) is 12.1 Å². The molecule has 0 spiro atoms. The molecule has 2 radical (unpaired) electrons. The van der Waals surface area contributed by atoms with Gasteiger partial charge in [0.15, 0.2) is 0 Å². The molecule has 2 saturated carbocycles. The number of fused-ring (bicyclic) bond motifs is 2. The summed E-state index contributed by atoms with van der Waals surface area (Å²) >= 11 is 6.07. The molecule has 0 saturated heterocycles. The summed E-state index contributed by atoms with van der Waals surface area (Å²) in [6.07, 6.45) is 10.8. The van der Waals surface area contributed by atoms with Gasteiger partial charge in [-0.25, -0.2) is 0 Å². The Bertz CT molecular complexity index is 504. The number of nitrogens with one attached hydrogen (secondary N) is 1. The zero-order valence-electron chi connectivity index (χ0n) is 13.2. The third-order valence-electron chi connectivity index (χ3n) is 5.42. The van der Waals surface area contributed by atoms with E-state index in [-0.39, 0.29) is 13.3 Å². The maximum Gasteiger partial charge on any atom is 0.252 e. The molecular weight excluding hydrogens is 294 g/mol. The zero-order chi connectivity index (χ0) is 14.7. The van der Waals surface area contributed by atoms with E-state index >= 15 is 0 Å². The van der Waals surface area contributed by atoms with Gasteiger partial charge in [-0.3, -0.25) is 4.79 Å². The first-order chi connectivity index (χ1) is 10.2. The van der Waals surface area contributed by atoms with Crippen LogP contribution in [0.2, 0.25) is 5.02 Å². The molecule has 2 bridgehead atoms. The summed E-state index contributed by atoms with van der Waals surface area (Å²) in [5, 5.41) is 3.59. The second-order valence-corrected chi connectivity index (χ2v) is 7.25. The summed E-state index contributed by atoms with van der Waals surface area (Å²) in [5.74, 6) is 0.909. The lowest BCUT2D eigenvalue weighted by Gasteiger charge is -2.45. The first-order valence-corrected chi connectivity index (χ1v) is 8.59. The van der Waals surface area contributed by atoms with Gasteiger partial charge in [-0.1, -0.05) is 56.8 Å². The Morgan fingerprint density at radius 3 is 2.59 bits per heavy atom. The average molecular weight is 320 g/mol. The molecule has 1 amide bonds. The van der Waals surface area contributed by atoms with E-state index in [2.05, 4.69) is 5.32 Å². The fourth-order valence-corrected chi connectivity index (χ4v) is 4.58. The van der Waals surface area contributed by atoms with Gasteiger partial charge in [-0.15, -0.1) is 0 Å².